The summed E-state index contributed by atoms with van der Waals surface area (Å²) >= 11 is 0. The van der Waals surface area contributed by atoms with Crippen molar-refractivity contribution in [1.82, 2.24) is 15.3 Å². The SMILES string of the molecule is COc1ccccc1CNC(=O)CNc1ncnc2ccccc12. The van der Waals surface area contributed by atoms with Crippen LogP contribution in [0.25, 0.3) is 10.9 Å². The van der Waals surface area contributed by atoms with Gasteiger partial charge in [0, 0.05) is 17.5 Å². The number of nitrogens with one attached hydrogen (secondary N) is 2. The summed E-state index contributed by atoms with van der Waals surface area (Å²) in [4.78, 5) is 20.5. The van der Waals surface area contributed by atoms with E-state index in [4.69, 9.17) is 4.74 Å². The molecule has 0 aliphatic rings. The third-order valence-corrected chi connectivity index (χ3v) is 3.63. The van der Waals surface area contributed by atoms with Crippen LogP contribution >= 0.6 is 0 Å². The van der Waals surface area contributed by atoms with Crippen molar-refractivity contribution in [3.8, 4) is 5.75 Å². The summed E-state index contributed by atoms with van der Waals surface area (Å²) in [6.07, 6.45) is 1.48. The fourth-order valence-corrected chi connectivity index (χ4v) is 2.41. The Morgan fingerprint density at radius 1 is 1.08 bits per heavy atom. The number of hydrogen-bond acceptors (Lipinski definition) is 5. The maximum absolute atomic E-state index is 12.1. The lowest BCUT2D eigenvalue weighted by molar-refractivity contribution is -0.119. The standard InChI is InChI=1S/C18H18N4O2/c1-24-16-9-5-2-6-13(16)10-19-17(23)11-20-18-14-7-3-4-8-15(14)21-12-22-18/h2-9,12H,10-11H2,1H3,(H,19,23)(H,20,21,22). The van der Waals surface area contributed by atoms with Crippen molar-refractivity contribution < 1.29 is 9.53 Å². The molecule has 0 aliphatic carbocycles. The normalized spacial score (nSPS) is 10.4. The van der Waals surface area contributed by atoms with Gasteiger partial charge in [-0.25, -0.2) is 9.97 Å². The van der Waals surface area contributed by atoms with Gasteiger partial charge in [0.05, 0.1) is 19.2 Å². The van der Waals surface area contributed by atoms with Crippen LogP contribution in [0.1, 0.15) is 5.56 Å². The summed E-state index contributed by atoms with van der Waals surface area (Å²) < 4.78 is 5.27. The van der Waals surface area contributed by atoms with Crippen molar-refractivity contribution in [1.29, 1.82) is 0 Å². The Hall–Kier alpha value is -3.15. The Kier molecular flexibility index (Phi) is 4.86. The molecule has 0 bridgehead atoms. The lowest BCUT2D eigenvalue weighted by Gasteiger charge is -2.11. The predicted octanol–water partition coefficient (Wildman–Crippen LogP) is 2.37. The minimum absolute atomic E-state index is 0.122. The fourth-order valence-electron chi connectivity index (χ4n) is 2.41. The highest BCUT2D eigenvalue weighted by Crippen LogP contribution is 2.18. The Morgan fingerprint density at radius 3 is 2.75 bits per heavy atom. The molecule has 1 heterocycles. The molecule has 3 aromatic rings. The van der Waals surface area contributed by atoms with Crippen molar-refractivity contribution in [2.45, 2.75) is 6.54 Å². The molecule has 3 rings (SSSR count). The van der Waals surface area contributed by atoms with Gasteiger partial charge in [-0.15, -0.1) is 0 Å². The molecule has 2 N–H and O–H groups in total. The maximum Gasteiger partial charge on any atom is 0.239 e. The van der Waals surface area contributed by atoms with Gasteiger partial charge in [0.15, 0.2) is 0 Å². The number of nitrogens with zero attached hydrogens (tertiary/aromatic N) is 2. The highest BCUT2D eigenvalue weighted by molar-refractivity contribution is 5.90. The molecule has 0 fully saturated rings. The number of rotatable bonds is 6. The van der Waals surface area contributed by atoms with Gasteiger partial charge in [-0.05, 0) is 18.2 Å². The van der Waals surface area contributed by atoms with Crippen molar-refractivity contribution in [2.75, 3.05) is 19.0 Å². The zero-order valence-corrected chi connectivity index (χ0v) is 13.3. The molecule has 1 aromatic heterocycles. The third kappa shape index (κ3) is 3.60. The van der Waals surface area contributed by atoms with E-state index in [0.717, 1.165) is 22.2 Å². The Morgan fingerprint density at radius 2 is 1.88 bits per heavy atom. The summed E-state index contributed by atoms with van der Waals surface area (Å²) in [6, 6.07) is 15.3. The molecule has 0 saturated heterocycles. The number of carbonyl (C=O) groups excluding carboxylic acids is 1. The van der Waals surface area contributed by atoms with Crippen LogP contribution in [0.2, 0.25) is 0 Å². The second-order valence-corrected chi connectivity index (χ2v) is 5.18. The zero-order valence-electron chi connectivity index (χ0n) is 13.3. The molecular weight excluding hydrogens is 304 g/mol. The van der Waals surface area contributed by atoms with Crippen LogP contribution in [-0.2, 0) is 11.3 Å². The molecule has 122 valence electrons. The van der Waals surface area contributed by atoms with Crippen LogP contribution in [-0.4, -0.2) is 29.5 Å². The van der Waals surface area contributed by atoms with Crippen molar-refractivity contribution >= 4 is 22.6 Å². The van der Waals surface area contributed by atoms with Crippen LogP contribution in [0.3, 0.4) is 0 Å². The number of para-hydroxylation sites is 2. The first kappa shape index (κ1) is 15.7. The Balaban J connectivity index is 1.59. The number of carbonyl (C=O) groups is 1. The summed E-state index contributed by atoms with van der Waals surface area (Å²) in [5.41, 5.74) is 1.77. The minimum Gasteiger partial charge on any atom is -0.496 e. The lowest BCUT2D eigenvalue weighted by Crippen LogP contribution is -2.29. The molecule has 1 amide bonds. The number of ether oxygens (including phenoxy) is 1. The summed E-state index contributed by atoms with van der Waals surface area (Å²) in [7, 11) is 1.61. The second-order valence-electron chi connectivity index (χ2n) is 5.18. The molecule has 0 aliphatic heterocycles. The highest BCUT2D eigenvalue weighted by atomic mass is 16.5. The van der Waals surface area contributed by atoms with Crippen LogP contribution in [0.4, 0.5) is 5.82 Å². The zero-order chi connectivity index (χ0) is 16.8. The van der Waals surface area contributed by atoms with E-state index < -0.39 is 0 Å². The Bertz CT molecular complexity index is 846. The van der Waals surface area contributed by atoms with E-state index in [0.29, 0.717) is 12.4 Å². The van der Waals surface area contributed by atoms with E-state index in [1.165, 1.54) is 6.33 Å². The van der Waals surface area contributed by atoms with Crippen molar-refractivity contribution in [3.05, 3.63) is 60.4 Å². The Labute approximate surface area is 139 Å². The van der Waals surface area contributed by atoms with Gasteiger partial charge in [0.2, 0.25) is 5.91 Å². The molecule has 0 unspecified atom stereocenters. The number of methoxy groups -OCH3 is 1. The largest absolute Gasteiger partial charge is 0.496 e. The van der Waals surface area contributed by atoms with E-state index in [2.05, 4.69) is 20.6 Å². The van der Waals surface area contributed by atoms with Crippen LogP contribution < -0.4 is 15.4 Å². The van der Waals surface area contributed by atoms with Crippen LogP contribution in [0.5, 0.6) is 5.75 Å². The highest BCUT2D eigenvalue weighted by Gasteiger charge is 2.07. The average molecular weight is 322 g/mol. The number of amides is 1. The van der Waals surface area contributed by atoms with E-state index >= 15 is 0 Å². The van der Waals surface area contributed by atoms with Gasteiger partial charge in [0.25, 0.3) is 0 Å². The molecule has 2 aromatic carbocycles. The van der Waals surface area contributed by atoms with E-state index in [9.17, 15) is 4.79 Å². The molecule has 0 spiro atoms. The summed E-state index contributed by atoms with van der Waals surface area (Å²) in [5, 5.41) is 6.81. The van der Waals surface area contributed by atoms with E-state index in [-0.39, 0.29) is 12.5 Å². The minimum atomic E-state index is -0.122. The number of fused-ring (bicyclic) bond motifs is 1. The third-order valence-electron chi connectivity index (χ3n) is 3.63. The molecule has 0 saturated carbocycles. The van der Waals surface area contributed by atoms with Gasteiger partial charge < -0.3 is 15.4 Å². The van der Waals surface area contributed by atoms with E-state index in [1.807, 2.05) is 48.5 Å². The van der Waals surface area contributed by atoms with Gasteiger partial charge >= 0.3 is 0 Å². The van der Waals surface area contributed by atoms with Gasteiger partial charge in [-0.2, -0.15) is 0 Å². The van der Waals surface area contributed by atoms with Crippen LogP contribution in [0, 0.1) is 0 Å². The fraction of sp³-hybridized carbons (Fsp3) is 0.167. The smallest absolute Gasteiger partial charge is 0.239 e. The molecular formula is C18H18N4O2. The van der Waals surface area contributed by atoms with E-state index in [1.54, 1.807) is 7.11 Å². The number of aromatic nitrogens is 2. The topological polar surface area (TPSA) is 76.1 Å². The van der Waals surface area contributed by atoms with Gasteiger partial charge in [-0.3, -0.25) is 4.79 Å². The number of hydrogen-bond donors (Lipinski definition) is 2. The number of anilines is 1. The average Bonchev–Trinajstić information content (AvgIpc) is 2.64. The summed E-state index contributed by atoms with van der Waals surface area (Å²) in [6.45, 7) is 0.547. The number of benzene rings is 2. The second kappa shape index (κ2) is 7.41. The predicted molar refractivity (Wildman–Crippen MR) is 92.9 cm³/mol. The van der Waals surface area contributed by atoms with Crippen molar-refractivity contribution in [2.24, 2.45) is 0 Å². The van der Waals surface area contributed by atoms with Gasteiger partial charge in [-0.1, -0.05) is 30.3 Å². The first-order valence-corrected chi connectivity index (χ1v) is 7.60. The van der Waals surface area contributed by atoms with Crippen molar-refractivity contribution in [3.63, 3.8) is 0 Å². The van der Waals surface area contributed by atoms with Crippen LogP contribution in [0.15, 0.2) is 54.9 Å². The maximum atomic E-state index is 12.1. The first-order valence-electron chi connectivity index (χ1n) is 7.60. The molecule has 6 nitrogen and oxygen atoms in total. The monoisotopic (exact) mass is 322 g/mol. The van der Waals surface area contributed by atoms with Gasteiger partial charge in [0.1, 0.15) is 17.9 Å². The molecule has 24 heavy (non-hydrogen) atoms. The molecule has 6 heteroatoms. The summed E-state index contributed by atoms with van der Waals surface area (Å²) in [5.74, 6) is 1.28. The lowest BCUT2D eigenvalue weighted by atomic mass is 10.2. The first-order chi connectivity index (χ1) is 11.8. The molecule has 0 radical (unpaired) electrons. The quantitative estimate of drug-likeness (QED) is 0.728. The molecule has 0 atom stereocenters.